The lowest BCUT2D eigenvalue weighted by Crippen LogP contribution is -2.43. The molecule has 0 aliphatic heterocycles. The maximum atomic E-state index is 12.5. The van der Waals surface area contributed by atoms with Gasteiger partial charge in [-0.1, -0.05) is 13.8 Å². The SMILES string of the molecule is COCCN(C(=O)CCC(CCN)C(C)C)C(C)COC. The van der Waals surface area contributed by atoms with Gasteiger partial charge in [0.2, 0.25) is 5.91 Å². The number of rotatable bonds is 12. The second-order valence-electron chi connectivity index (χ2n) is 6.00. The lowest BCUT2D eigenvalue weighted by Gasteiger charge is -2.30. The Bertz CT molecular complexity index is 272. The molecule has 2 unspecified atom stereocenters. The molecule has 0 aromatic carbocycles. The zero-order valence-corrected chi connectivity index (χ0v) is 14.4. The summed E-state index contributed by atoms with van der Waals surface area (Å²) in [6.45, 7) is 8.80. The van der Waals surface area contributed by atoms with Crippen LogP contribution in [0.4, 0.5) is 0 Å². The molecule has 0 aliphatic rings. The minimum absolute atomic E-state index is 0.0738. The van der Waals surface area contributed by atoms with E-state index in [-0.39, 0.29) is 11.9 Å². The zero-order valence-electron chi connectivity index (χ0n) is 14.4. The van der Waals surface area contributed by atoms with Crippen molar-refractivity contribution < 1.29 is 14.3 Å². The predicted molar refractivity (Wildman–Crippen MR) is 86.2 cm³/mol. The number of nitrogens with zero attached hydrogens (tertiary/aromatic N) is 1. The van der Waals surface area contributed by atoms with Gasteiger partial charge in [0.05, 0.1) is 19.3 Å². The van der Waals surface area contributed by atoms with E-state index in [4.69, 9.17) is 15.2 Å². The molecule has 5 heteroatoms. The molecule has 0 rings (SSSR count). The molecular weight excluding hydrogens is 268 g/mol. The second-order valence-corrected chi connectivity index (χ2v) is 6.00. The summed E-state index contributed by atoms with van der Waals surface area (Å²) in [4.78, 5) is 14.3. The molecule has 21 heavy (non-hydrogen) atoms. The van der Waals surface area contributed by atoms with Crippen LogP contribution in [0, 0.1) is 11.8 Å². The van der Waals surface area contributed by atoms with E-state index in [0.29, 0.717) is 44.6 Å². The average Bonchev–Trinajstić information content (AvgIpc) is 2.43. The highest BCUT2D eigenvalue weighted by atomic mass is 16.5. The molecule has 5 nitrogen and oxygen atoms in total. The maximum Gasteiger partial charge on any atom is 0.222 e. The molecule has 0 heterocycles. The largest absolute Gasteiger partial charge is 0.383 e. The number of methoxy groups -OCH3 is 2. The molecule has 0 saturated carbocycles. The number of ether oxygens (including phenoxy) is 2. The maximum absolute atomic E-state index is 12.5. The van der Waals surface area contributed by atoms with E-state index < -0.39 is 0 Å². The van der Waals surface area contributed by atoms with E-state index in [9.17, 15) is 4.79 Å². The summed E-state index contributed by atoms with van der Waals surface area (Å²) >= 11 is 0. The molecule has 1 amide bonds. The first kappa shape index (κ1) is 20.3. The van der Waals surface area contributed by atoms with Gasteiger partial charge in [-0.15, -0.1) is 0 Å². The number of hydrogen-bond acceptors (Lipinski definition) is 4. The van der Waals surface area contributed by atoms with Crippen molar-refractivity contribution >= 4 is 5.91 Å². The third-order valence-electron chi connectivity index (χ3n) is 4.01. The number of carbonyl (C=O) groups is 1. The van der Waals surface area contributed by atoms with Crippen molar-refractivity contribution in [1.82, 2.24) is 4.90 Å². The van der Waals surface area contributed by atoms with Crippen LogP contribution in [0.15, 0.2) is 0 Å². The number of amides is 1. The van der Waals surface area contributed by atoms with E-state index in [1.807, 2.05) is 11.8 Å². The predicted octanol–water partition coefficient (Wildman–Crippen LogP) is 1.90. The first-order valence-electron chi connectivity index (χ1n) is 7.95. The Morgan fingerprint density at radius 1 is 1.14 bits per heavy atom. The van der Waals surface area contributed by atoms with Gasteiger partial charge < -0.3 is 20.1 Å². The highest BCUT2D eigenvalue weighted by Gasteiger charge is 2.21. The van der Waals surface area contributed by atoms with Crippen LogP contribution >= 0.6 is 0 Å². The van der Waals surface area contributed by atoms with Gasteiger partial charge >= 0.3 is 0 Å². The highest BCUT2D eigenvalue weighted by Crippen LogP contribution is 2.21. The van der Waals surface area contributed by atoms with Gasteiger partial charge in [0, 0.05) is 27.2 Å². The normalized spacial score (nSPS) is 14.2. The molecule has 0 saturated heterocycles. The fourth-order valence-electron chi connectivity index (χ4n) is 2.59. The Hall–Kier alpha value is -0.650. The molecule has 0 aromatic heterocycles. The summed E-state index contributed by atoms with van der Waals surface area (Å²) in [6.07, 6.45) is 2.45. The van der Waals surface area contributed by atoms with Crippen LogP contribution in [0.2, 0.25) is 0 Å². The summed E-state index contributed by atoms with van der Waals surface area (Å²) in [5.41, 5.74) is 5.66. The quantitative estimate of drug-likeness (QED) is 0.598. The first-order chi connectivity index (χ1) is 9.97. The summed E-state index contributed by atoms with van der Waals surface area (Å²) < 4.78 is 10.3. The second kappa shape index (κ2) is 12.0. The van der Waals surface area contributed by atoms with Crippen molar-refractivity contribution in [2.75, 3.05) is 40.5 Å². The molecule has 0 aromatic rings. The minimum atomic E-state index is 0.0738. The van der Waals surface area contributed by atoms with Gasteiger partial charge in [0.15, 0.2) is 0 Å². The Morgan fingerprint density at radius 3 is 2.29 bits per heavy atom. The Labute approximate surface area is 130 Å². The van der Waals surface area contributed by atoms with E-state index >= 15 is 0 Å². The van der Waals surface area contributed by atoms with Crippen molar-refractivity contribution in [1.29, 1.82) is 0 Å². The zero-order chi connectivity index (χ0) is 16.3. The molecule has 126 valence electrons. The van der Waals surface area contributed by atoms with E-state index in [1.165, 1.54) is 0 Å². The van der Waals surface area contributed by atoms with Crippen LogP contribution in [-0.4, -0.2) is 57.4 Å². The summed E-state index contributed by atoms with van der Waals surface area (Å²) in [7, 11) is 3.31. The summed E-state index contributed by atoms with van der Waals surface area (Å²) in [5, 5.41) is 0. The monoisotopic (exact) mass is 302 g/mol. The number of nitrogens with two attached hydrogens (primary N) is 1. The molecule has 0 fully saturated rings. The molecule has 2 atom stereocenters. The Kier molecular flexibility index (Phi) is 11.6. The van der Waals surface area contributed by atoms with E-state index in [1.54, 1.807) is 14.2 Å². The first-order valence-corrected chi connectivity index (χ1v) is 7.95. The van der Waals surface area contributed by atoms with Crippen LogP contribution < -0.4 is 5.73 Å². The van der Waals surface area contributed by atoms with Crippen LogP contribution in [-0.2, 0) is 14.3 Å². The fraction of sp³-hybridized carbons (Fsp3) is 0.938. The average molecular weight is 302 g/mol. The van der Waals surface area contributed by atoms with Crippen LogP contribution in [0.3, 0.4) is 0 Å². The number of carbonyl (C=O) groups excluding carboxylic acids is 1. The third kappa shape index (κ3) is 8.39. The molecule has 2 N–H and O–H groups in total. The molecule has 0 spiro atoms. The number of hydrogen-bond donors (Lipinski definition) is 1. The van der Waals surface area contributed by atoms with Gasteiger partial charge in [-0.05, 0) is 38.1 Å². The third-order valence-corrected chi connectivity index (χ3v) is 4.01. The highest BCUT2D eigenvalue weighted by molar-refractivity contribution is 5.76. The van der Waals surface area contributed by atoms with Crippen LogP contribution in [0.25, 0.3) is 0 Å². The Morgan fingerprint density at radius 2 is 1.81 bits per heavy atom. The Balaban J connectivity index is 4.50. The van der Waals surface area contributed by atoms with Crippen molar-refractivity contribution in [3.05, 3.63) is 0 Å². The lowest BCUT2D eigenvalue weighted by molar-refractivity contribution is -0.135. The van der Waals surface area contributed by atoms with Gasteiger partial charge in [-0.2, -0.15) is 0 Å². The minimum Gasteiger partial charge on any atom is -0.383 e. The molecule has 0 bridgehead atoms. The van der Waals surface area contributed by atoms with Gasteiger partial charge in [0.1, 0.15) is 0 Å². The van der Waals surface area contributed by atoms with Crippen LogP contribution in [0.5, 0.6) is 0 Å². The molecule has 0 radical (unpaired) electrons. The summed E-state index contributed by atoms with van der Waals surface area (Å²) in [5.74, 6) is 1.26. The van der Waals surface area contributed by atoms with Crippen molar-refractivity contribution in [2.45, 2.75) is 46.1 Å². The lowest BCUT2D eigenvalue weighted by atomic mass is 9.88. The smallest absolute Gasteiger partial charge is 0.222 e. The van der Waals surface area contributed by atoms with Gasteiger partial charge in [-0.3, -0.25) is 4.79 Å². The van der Waals surface area contributed by atoms with E-state index in [2.05, 4.69) is 13.8 Å². The fourth-order valence-corrected chi connectivity index (χ4v) is 2.59. The van der Waals surface area contributed by atoms with E-state index in [0.717, 1.165) is 12.8 Å². The topological polar surface area (TPSA) is 64.8 Å². The van der Waals surface area contributed by atoms with Gasteiger partial charge in [0.25, 0.3) is 0 Å². The molecule has 0 aliphatic carbocycles. The van der Waals surface area contributed by atoms with Crippen LogP contribution in [0.1, 0.15) is 40.0 Å². The van der Waals surface area contributed by atoms with Crippen molar-refractivity contribution in [2.24, 2.45) is 17.6 Å². The van der Waals surface area contributed by atoms with Gasteiger partial charge in [-0.25, -0.2) is 0 Å². The van der Waals surface area contributed by atoms with Crippen molar-refractivity contribution in [3.63, 3.8) is 0 Å². The summed E-state index contributed by atoms with van der Waals surface area (Å²) in [6, 6.07) is 0.0738. The van der Waals surface area contributed by atoms with Crippen molar-refractivity contribution in [3.8, 4) is 0 Å². The molecular formula is C16H34N2O3. The standard InChI is InChI=1S/C16H34N2O3/c1-13(2)15(8-9-17)6-7-16(19)18(10-11-20-4)14(3)12-21-5/h13-15H,6-12,17H2,1-5H3.